The van der Waals surface area contributed by atoms with Crippen LogP contribution in [0.2, 0.25) is 0 Å². The van der Waals surface area contributed by atoms with Crippen molar-refractivity contribution in [3.63, 3.8) is 0 Å². The van der Waals surface area contributed by atoms with Crippen LogP contribution in [0.3, 0.4) is 0 Å². The van der Waals surface area contributed by atoms with Crippen LogP contribution in [0.25, 0.3) is 21.8 Å². The van der Waals surface area contributed by atoms with Gasteiger partial charge in [0, 0.05) is 51.8 Å². The van der Waals surface area contributed by atoms with Gasteiger partial charge in [-0.05, 0) is 36.9 Å². The molecule has 0 spiro atoms. The van der Waals surface area contributed by atoms with Gasteiger partial charge in [0.05, 0.1) is 11.9 Å². The normalized spacial score (nSPS) is 13.6. The average Bonchev–Trinajstić information content (AvgIpc) is 3.31. The van der Waals surface area contributed by atoms with Gasteiger partial charge in [-0.25, -0.2) is 9.37 Å². The molecule has 1 aliphatic heterocycles. The van der Waals surface area contributed by atoms with E-state index >= 15 is 0 Å². The molecular formula is C23H26FN3OS2. The summed E-state index contributed by atoms with van der Waals surface area (Å²) >= 11 is 3.30. The Bertz CT molecular complexity index is 1040. The number of Topliss-reactive ketones (excluding diaryl/α,β-unsaturated/α-hetero) is 1. The van der Waals surface area contributed by atoms with E-state index in [-0.39, 0.29) is 5.82 Å². The summed E-state index contributed by atoms with van der Waals surface area (Å²) in [6, 6.07) is 1.46. The van der Waals surface area contributed by atoms with Gasteiger partial charge in [0.15, 0.2) is 0 Å². The van der Waals surface area contributed by atoms with Gasteiger partial charge in [0.25, 0.3) is 0 Å². The summed E-state index contributed by atoms with van der Waals surface area (Å²) < 4.78 is 13.6. The summed E-state index contributed by atoms with van der Waals surface area (Å²) in [6.45, 7) is 6.17. The zero-order chi connectivity index (χ0) is 21.1. The Labute approximate surface area is 184 Å². The first-order valence-corrected chi connectivity index (χ1v) is 12.1. The van der Waals surface area contributed by atoms with Gasteiger partial charge in [-0.15, -0.1) is 22.7 Å². The molecule has 0 atom stereocenters. The minimum absolute atomic E-state index is 0.301. The first-order chi connectivity index (χ1) is 14.5. The fourth-order valence-electron chi connectivity index (χ4n) is 3.81. The van der Waals surface area contributed by atoms with Crippen LogP contribution in [-0.4, -0.2) is 22.3 Å². The monoisotopic (exact) mass is 443 g/mol. The van der Waals surface area contributed by atoms with Crippen LogP contribution >= 0.6 is 22.7 Å². The number of ketones is 1. The maximum Gasteiger partial charge on any atom is 0.142 e. The number of halogens is 1. The van der Waals surface area contributed by atoms with Crippen molar-refractivity contribution in [3.8, 4) is 21.8 Å². The molecule has 1 aliphatic rings. The molecule has 3 aromatic rings. The summed E-state index contributed by atoms with van der Waals surface area (Å²) in [5.74, 6) is 0.558. The highest BCUT2D eigenvalue weighted by Crippen LogP contribution is 2.41. The number of thiophene rings is 1. The van der Waals surface area contributed by atoms with Gasteiger partial charge >= 0.3 is 0 Å². The summed E-state index contributed by atoms with van der Waals surface area (Å²) in [6.07, 6.45) is 6.92. The zero-order valence-electron chi connectivity index (χ0n) is 17.3. The molecule has 0 fully saturated rings. The van der Waals surface area contributed by atoms with Crippen molar-refractivity contribution >= 4 is 28.5 Å². The molecule has 4 rings (SSSR count). The van der Waals surface area contributed by atoms with E-state index in [9.17, 15) is 9.18 Å². The molecule has 0 amide bonds. The van der Waals surface area contributed by atoms with E-state index in [1.165, 1.54) is 22.7 Å². The fourth-order valence-corrected chi connectivity index (χ4v) is 6.16. The quantitative estimate of drug-likeness (QED) is 0.488. The highest BCUT2D eigenvalue weighted by molar-refractivity contribution is 7.15. The van der Waals surface area contributed by atoms with Crippen molar-refractivity contribution < 1.29 is 9.18 Å². The highest BCUT2D eigenvalue weighted by atomic mass is 32.1. The predicted octanol–water partition coefficient (Wildman–Crippen LogP) is 5.66. The lowest BCUT2D eigenvalue weighted by atomic mass is 9.99. The Morgan fingerprint density at radius 3 is 3.00 bits per heavy atom. The maximum atomic E-state index is 13.6. The summed E-state index contributed by atoms with van der Waals surface area (Å²) in [5.41, 5.74) is 3.86. The molecule has 0 saturated heterocycles. The van der Waals surface area contributed by atoms with E-state index in [4.69, 9.17) is 4.98 Å². The standard InChI is InChI=1S/C23H26FN3OS2/c1-14(2)4-3-5-17(28)9-20-22(18-6-7-25-12-21(18)30-20)23-27-19(13-29-23)15-8-16(24)11-26-10-15/h8,10-11,13-14,25H,3-7,9,12H2,1-2H3. The minimum atomic E-state index is -0.367. The maximum absolute atomic E-state index is 13.6. The average molecular weight is 444 g/mol. The second-order valence-corrected chi connectivity index (χ2v) is 10.2. The summed E-state index contributed by atoms with van der Waals surface area (Å²) in [4.78, 5) is 23.9. The fraction of sp³-hybridized carbons (Fsp3) is 0.435. The molecule has 0 aromatic carbocycles. The number of rotatable bonds is 8. The number of fused-ring (bicyclic) bond motifs is 1. The number of carbonyl (C=O) groups excluding carboxylic acids is 1. The van der Waals surface area contributed by atoms with E-state index in [1.54, 1.807) is 28.9 Å². The van der Waals surface area contributed by atoms with Gasteiger partial charge in [-0.2, -0.15) is 0 Å². The molecular weight excluding hydrogens is 417 g/mol. The third-order valence-electron chi connectivity index (χ3n) is 5.31. The van der Waals surface area contributed by atoms with E-state index in [0.29, 0.717) is 30.1 Å². The smallest absolute Gasteiger partial charge is 0.142 e. The van der Waals surface area contributed by atoms with Crippen LogP contribution in [-0.2, 0) is 24.2 Å². The molecule has 0 bridgehead atoms. The van der Waals surface area contributed by atoms with Crippen LogP contribution in [0.4, 0.5) is 4.39 Å². The van der Waals surface area contributed by atoms with E-state index < -0.39 is 0 Å². The van der Waals surface area contributed by atoms with Gasteiger partial charge in [-0.3, -0.25) is 9.78 Å². The zero-order valence-corrected chi connectivity index (χ0v) is 19.0. The van der Waals surface area contributed by atoms with Crippen molar-refractivity contribution in [2.24, 2.45) is 5.92 Å². The number of thiazole rings is 1. The number of nitrogens with one attached hydrogen (secondary N) is 1. The molecule has 0 saturated carbocycles. The first-order valence-electron chi connectivity index (χ1n) is 10.4. The number of hydrogen-bond acceptors (Lipinski definition) is 6. The molecule has 158 valence electrons. The van der Waals surface area contributed by atoms with Crippen molar-refractivity contribution in [1.82, 2.24) is 15.3 Å². The van der Waals surface area contributed by atoms with Crippen molar-refractivity contribution in [3.05, 3.63) is 45.0 Å². The van der Waals surface area contributed by atoms with Crippen molar-refractivity contribution in [1.29, 1.82) is 0 Å². The van der Waals surface area contributed by atoms with E-state index in [2.05, 4.69) is 24.1 Å². The van der Waals surface area contributed by atoms with Crippen molar-refractivity contribution in [2.45, 2.75) is 52.5 Å². The number of aromatic nitrogens is 2. The predicted molar refractivity (Wildman–Crippen MR) is 121 cm³/mol. The number of pyridine rings is 1. The largest absolute Gasteiger partial charge is 0.312 e. The molecule has 4 heterocycles. The molecule has 0 radical (unpaired) electrons. The molecule has 7 heteroatoms. The molecule has 1 N–H and O–H groups in total. The first kappa shape index (κ1) is 21.3. The minimum Gasteiger partial charge on any atom is -0.312 e. The molecule has 30 heavy (non-hydrogen) atoms. The molecule has 4 nitrogen and oxygen atoms in total. The number of hydrogen-bond donors (Lipinski definition) is 1. The van der Waals surface area contributed by atoms with Crippen LogP contribution in [0.15, 0.2) is 23.8 Å². The third kappa shape index (κ3) is 4.85. The van der Waals surface area contributed by atoms with Crippen LogP contribution in [0.5, 0.6) is 0 Å². The Kier molecular flexibility index (Phi) is 6.71. The lowest BCUT2D eigenvalue weighted by Crippen LogP contribution is -2.22. The topological polar surface area (TPSA) is 54.9 Å². The van der Waals surface area contributed by atoms with Crippen LogP contribution in [0, 0.1) is 11.7 Å². The van der Waals surface area contributed by atoms with Gasteiger partial charge in [0.1, 0.15) is 16.6 Å². The Morgan fingerprint density at radius 2 is 2.20 bits per heavy atom. The molecule has 0 aliphatic carbocycles. The third-order valence-corrected chi connectivity index (χ3v) is 7.41. The SMILES string of the molecule is CC(C)CCCC(=O)Cc1sc2c(c1-c1nc(-c3cncc(F)c3)cs1)CCNC2. The Hall–Kier alpha value is -1.96. The molecule has 0 unspecified atom stereocenters. The Morgan fingerprint density at radius 1 is 1.33 bits per heavy atom. The van der Waals surface area contributed by atoms with Gasteiger partial charge in [-0.1, -0.05) is 20.3 Å². The van der Waals surface area contributed by atoms with Crippen LogP contribution in [0.1, 0.15) is 48.4 Å². The second-order valence-electron chi connectivity index (χ2n) is 8.16. The summed E-state index contributed by atoms with van der Waals surface area (Å²) in [5, 5.41) is 6.29. The number of nitrogens with zero attached hydrogens (tertiary/aromatic N) is 2. The van der Waals surface area contributed by atoms with Gasteiger partial charge < -0.3 is 5.32 Å². The Balaban J connectivity index is 1.62. The van der Waals surface area contributed by atoms with E-state index in [0.717, 1.165) is 53.5 Å². The van der Waals surface area contributed by atoms with Gasteiger partial charge in [0.2, 0.25) is 0 Å². The summed E-state index contributed by atoms with van der Waals surface area (Å²) in [7, 11) is 0. The molecule has 3 aromatic heterocycles. The van der Waals surface area contributed by atoms with E-state index in [1.807, 2.05) is 5.38 Å². The van der Waals surface area contributed by atoms with Crippen LogP contribution < -0.4 is 5.32 Å². The number of carbonyl (C=O) groups is 1. The second kappa shape index (κ2) is 9.45. The highest BCUT2D eigenvalue weighted by Gasteiger charge is 2.25. The van der Waals surface area contributed by atoms with Crippen molar-refractivity contribution in [2.75, 3.05) is 6.54 Å². The lowest BCUT2D eigenvalue weighted by molar-refractivity contribution is -0.118. The lowest BCUT2D eigenvalue weighted by Gasteiger charge is -2.13.